The van der Waals surface area contributed by atoms with E-state index in [-0.39, 0.29) is 23.1 Å². The van der Waals surface area contributed by atoms with Gasteiger partial charge in [-0.05, 0) is 42.3 Å². The first-order valence-electron chi connectivity index (χ1n) is 6.64. The molecule has 0 aliphatic rings. The van der Waals surface area contributed by atoms with Crippen LogP contribution in [0, 0.1) is 6.92 Å². The molecule has 2 rings (SSSR count). The predicted molar refractivity (Wildman–Crippen MR) is 94.1 cm³/mol. The van der Waals surface area contributed by atoms with E-state index in [0.29, 0.717) is 5.69 Å². The fourth-order valence-electron chi connectivity index (χ4n) is 1.94. The maximum absolute atomic E-state index is 11.0. The van der Waals surface area contributed by atoms with Crippen molar-refractivity contribution in [3.8, 4) is 0 Å². The van der Waals surface area contributed by atoms with E-state index < -0.39 is 21.2 Å². The molecule has 24 heavy (non-hydrogen) atoms. The average Bonchev–Trinajstić information content (AvgIpc) is 2.43. The highest BCUT2D eigenvalue weighted by Gasteiger charge is 2.22. The highest BCUT2D eigenvalue weighted by atomic mass is 35.5. The molecule has 1 N–H and O–H groups in total. The summed E-state index contributed by atoms with van der Waals surface area (Å²) in [6.07, 6.45) is 0. The van der Waals surface area contributed by atoms with Crippen molar-refractivity contribution in [2.24, 2.45) is 0 Å². The molecule has 0 aliphatic carbocycles. The Bertz CT molecular complexity index is 797. The van der Waals surface area contributed by atoms with Crippen LogP contribution in [-0.4, -0.2) is 45.6 Å². The zero-order valence-corrected chi connectivity index (χ0v) is 15.5. The molecule has 0 saturated carbocycles. The first-order chi connectivity index (χ1) is 11.1. The number of hydrogen-bond donors (Lipinski definition) is 1. The van der Waals surface area contributed by atoms with Gasteiger partial charge >= 0.3 is 0 Å². The van der Waals surface area contributed by atoms with Crippen LogP contribution in [0.3, 0.4) is 0 Å². The van der Waals surface area contributed by atoms with Gasteiger partial charge in [-0.25, -0.2) is 0 Å². The van der Waals surface area contributed by atoms with E-state index in [4.69, 9.17) is 39.4 Å². The lowest BCUT2D eigenvalue weighted by Crippen LogP contribution is -2.31. The Morgan fingerprint density at radius 2 is 1.67 bits per heavy atom. The van der Waals surface area contributed by atoms with E-state index in [1.165, 1.54) is 0 Å². The number of aromatic nitrogens is 3. The first-order valence-corrected chi connectivity index (χ1v) is 9.45. The Morgan fingerprint density at radius 3 is 2.17 bits per heavy atom. The molecule has 0 amide bonds. The maximum atomic E-state index is 11.0. The summed E-state index contributed by atoms with van der Waals surface area (Å²) in [6, 6.07) is 7.30. The van der Waals surface area contributed by atoms with Gasteiger partial charge < -0.3 is 4.90 Å². The molecule has 1 aromatic heterocycles. The second kappa shape index (κ2) is 7.79. The van der Waals surface area contributed by atoms with Crippen molar-refractivity contribution in [2.75, 3.05) is 17.2 Å². The standard InChI is InChI=1S/C13H13Cl3N4O3S/c1-8-2-4-10(5-3-8)20(6-9(14)7-24(21,22)23)13-18-11(15)17-12(16)19-13/h2-5,9H,6-7H2,1H3,(H,21,22,23). The van der Waals surface area contributed by atoms with Crippen molar-refractivity contribution in [1.29, 1.82) is 0 Å². The third-order valence-corrected chi connectivity index (χ3v) is 4.57. The van der Waals surface area contributed by atoms with Gasteiger partial charge in [-0.15, -0.1) is 11.6 Å². The van der Waals surface area contributed by atoms with E-state index in [9.17, 15) is 8.42 Å². The number of alkyl halides is 1. The van der Waals surface area contributed by atoms with E-state index in [2.05, 4.69) is 15.0 Å². The number of anilines is 2. The Hall–Kier alpha value is -1.19. The molecule has 0 fully saturated rings. The van der Waals surface area contributed by atoms with Crippen molar-refractivity contribution < 1.29 is 13.0 Å². The van der Waals surface area contributed by atoms with Crippen LogP contribution in [0.25, 0.3) is 0 Å². The summed E-state index contributed by atoms with van der Waals surface area (Å²) >= 11 is 17.7. The Labute approximate surface area is 154 Å². The van der Waals surface area contributed by atoms with Crippen molar-refractivity contribution in [1.82, 2.24) is 15.0 Å². The van der Waals surface area contributed by atoms with Gasteiger partial charge in [-0.2, -0.15) is 23.4 Å². The number of rotatable bonds is 6. The summed E-state index contributed by atoms with van der Waals surface area (Å²) in [5.74, 6) is -0.506. The number of nitrogens with zero attached hydrogens (tertiary/aromatic N) is 4. The SMILES string of the molecule is Cc1ccc(N(CC(Cl)CS(=O)(=O)O)c2nc(Cl)nc(Cl)n2)cc1. The van der Waals surface area contributed by atoms with Crippen LogP contribution in [0.1, 0.15) is 5.56 Å². The average molecular weight is 412 g/mol. The van der Waals surface area contributed by atoms with Gasteiger partial charge in [0.25, 0.3) is 10.1 Å². The maximum Gasteiger partial charge on any atom is 0.266 e. The molecular weight excluding hydrogens is 399 g/mol. The molecule has 1 heterocycles. The lowest BCUT2D eigenvalue weighted by Gasteiger charge is -2.25. The molecule has 1 unspecified atom stereocenters. The molecule has 0 aliphatic heterocycles. The molecule has 0 radical (unpaired) electrons. The van der Waals surface area contributed by atoms with Gasteiger partial charge in [0.05, 0.1) is 11.1 Å². The van der Waals surface area contributed by atoms with Crippen LogP contribution in [-0.2, 0) is 10.1 Å². The highest BCUT2D eigenvalue weighted by Crippen LogP contribution is 2.25. The third-order valence-electron chi connectivity index (χ3n) is 2.93. The monoisotopic (exact) mass is 410 g/mol. The molecule has 2 aromatic rings. The molecule has 0 saturated heterocycles. The summed E-state index contributed by atoms with van der Waals surface area (Å²) in [7, 11) is -4.22. The first kappa shape index (κ1) is 19.1. The zero-order chi connectivity index (χ0) is 17.9. The van der Waals surface area contributed by atoms with E-state index in [0.717, 1.165) is 5.56 Å². The minimum absolute atomic E-state index is 0.00107. The predicted octanol–water partition coefficient (Wildman–Crippen LogP) is 3.12. The minimum atomic E-state index is -4.22. The van der Waals surface area contributed by atoms with Gasteiger partial charge in [0.15, 0.2) is 0 Å². The van der Waals surface area contributed by atoms with Gasteiger partial charge in [-0.1, -0.05) is 17.7 Å². The Kier molecular flexibility index (Phi) is 6.22. The fraction of sp³-hybridized carbons (Fsp3) is 0.308. The van der Waals surface area contributed by atoms with Gasteiger partial charge in [-0.3, -0.25) is 4.55 Å². The van der Waals surface area contributed by atoms with Crippen molar-refractivity contribution in [2.45, 2.75) is 12.3 Å². The van der Waals surface area contributed by atoms with Crippen LogP contribution in [0.5, 0.6) is 0 Å². The van der Waals surface area contributed by atoms with Gasteiger partial charge in [0.1, 0.15) is 0 Å². The summed E-state index contributed by atoms with van der Waals surface area (Å²) in [6.45, 7) is 1.93. The summed E-state index contributed by atoms with van der Waals surface area (Å²) < 4.78 is 31.0. The van der Waals surface area contributed by atoms with Crippen LogP contribution in [0.2, 0.25) is 10.6 Å². The molecule has 130 valence electrons. The summed E-state index contributed by atoms with van der Waals surface area (Å²) in [5, 5.41) is -1.14. The fourth-order valence-corrected chi connectivity index (χ4v) is 3.48. The third kappa shape index (κ3) is 5.71. The largest absolute Gasteiger partial charge is 0.309 e. The topological polar surface area (TPSA) is 96.3 Å². The number of hydrogen-bond acceptors (Lipinski definition) is 6. The summed E-state index contributed by atoms with van der Waals surface area (Å²) in [5.41, 5.74) is 1.69. The molecule has 0 bridgehead atoms. The van der Waals surface area contributed by atoms with E-state index in [1.54, 1.807) is 17.0 Å². The lowest BCUT2D eigenvalue weighted by molar-refractivity contribution is 0.481. The van der Waals surface area contributed by atoms with Gasteiger partial charge in [0.2, 0.25) is 16.5 Å². The molecule has 1 aromatic carbocycles. The molecular formula is C13H13Cl3N4O3S. The van der Waals surface area contributed by atoms with E-state index >= 15 is 0 Å². The second-order valence-corrected chi connectivity index (χ2v) is 7.76. The lowest BCUT2D eigenvalue weighted by atomic mass is 10.2. The second-order valence-electron chi connectivity index (χ2n) is 4.97. The molecule has 0 spiro atoms. The van der Waals surface area contributed by atoms with Crippen LogP contribution < -0.4 is 4.90 Å². The quantitative estimate of drug-likeness (QED) is 0.576. The molecule has 1 atom stereocenters. The van der Waals surface area contributed by atoms with Crippen LogP contribution >= 0.6 is 34.8 Å². The normalized spacial score (nSPS) is 12.9. The summed E-state index contributed by atoms with van der Waals surface area (Å²) in [4.78, 5) is 13.2. The van der Waals surface area contributed by atoms with Crippen LogP contribution in [0.15, 0.2) is 24.3 Å². The van der Waals surface area contributed by atoms with Crippen LogP contribution in [0.4, 0.5) is 11.6 Å². The number of benzene rings is 1. The zero-order valence-electron chi connectivity index (χ0n) is 12.4. The number of aryl methyl sites for hydroxylation is 1. The van der Waals surface area contributed by atoms with Crippen molar-refractivity contribution in [3.63, 3.8) is 0 Å². The van der Waals surface area contributed by atoms with Crippen molar-refractivity contribution >= 4 is 56.6 Å². The van der Waals surface area contributed by atoms with Crippen molar-refractivity contribution in [3.05, 3.63) is 40.4 Å². The smallest absolute Gasteiger partial charge is 0.266 e. The Balaban J connectivity index is 2.39. The van der Waals surface area contributed by atoms with E-state index in [1.807, 2.05) is 19.1 Å². The molecule has 7 nitrogen and oxygen atoms in total. The van der Waals surface area contributed by atoms with Gasteiger partial charge in [0, 0.05) is 12.2 Å². The molecule has 11 heteroatoms. The number of halogens is 3. The highest BCUT2D eigenvalue weighted by molar-refractivity contribution is 7.85. The minimum Gasteiger partial charge on any atom is -0.309 e. The Morgan fingerprint density at radius 1 is 1.12 bits per heavy atom.